The molecule has 0 radical (unpaired) electrons. The van der Waals surface area contributed by atoms with Gasteiger partial charge in [-0.15, -0.1) is 0 Å². The normalized spacial score (nSPS) is 13.3. The molecule has 92 valence electrons. The summed E-state index contributed by atoms with van der Waals surface area (Å²) < 4.78 is 11.1. The second kappa shape index (κ2) is 4.02. The molecule has 0 amide bonds. The van der Waals surface area contributed by atoms with Gasteiger partial charge in [-0.2, -0.15) is 15.0 Å². The van der Waals surface area contributed by atoms with Gasteiger partial charge in [-0.25, -0.2) is 0 Å². The third-order valence-corrected chi connectivity index (χ3v) is 2.48. The van der Waals surface area contributed by atoms with Crippen LogP contribution in [0.1, 0.15) is 0 Å². The number of hydrogen-bond acceptors (Lipinski definition) is 7. The van der Waals surface area contributed by atoms with Crippen LogP contribution in [0.3, 0.4) is 0 Å². The quantitative estimate of drug-likeness (QED) is 0.751. The Balaban J connectivity index is 2.16. The second-order valence-corrected chi connectivity index (χ2v) is 3.71. The number of ether oxygens (including phenoxy) is 2. The Morgan fingerprint density at radius 2 is 1.67 bits per heavy atom. The molecule has 18 heavy (non-hydrogen) atoms. The fourth-order valence-corrected chi connectivity index (χ4v) is 1.78. The minimum Gasteiger partial charge on any atom is -0.486 e. The lowest BCUT2D eigenvalue weighted by molar-refractivity contribution is 0.172. The third kappa shape index (κ3) is 1.75. The van der Waals surface area contributed by atoms with Crippen molar-refractivity contribution in [2.24, 2.45) is 0 Å². The van der Waals surface area contributed by atoms with Crippen molar-refractivity contribution in [2.75, 3.05) is 24.7 Å². The third-order valence-electron chi connectivity index (χ3n) is 2.48. The van der Waals surface area contributed by atoms with Crippen molar-refractivity contribution < 1.29 is 9.47 Å². The summed E-state index contributed by atoms with van der Waals surface area (Å²) >= 11 is 0. The number of benzene rings is 1. The zero-order valence-electron chi connectivity index (χ0n) is 9.46. The van der Waals surface area contributed by atoms with Crippen LogP contribution in [-0.4, -0.2) is 28.2 Å². The Morgan fingerprint density at radius 3 is 2.44 bits per heavy atom. The average Bonchev–Trinajstić information content (AvgIpc) is 2.37. The molecule has 7 heteroatoms. The highest BCUT2D eigenvalue weighted by Gasteiger charge is 2.19. The number of rotatable bonds is 1. The van der Waals surface area contributed by atoms with Gasteiger partial charge in [0.25, 0.3) is 0 Å². The maximum absolute atomic E-state index is 5.58. The minimum atomic E-state index is 0.0758. The maximum atomic E-state index is 5.58. The first kappa shape index (κ1) is 10.6. The van der Waals surface area contributed by atoms with E-state index in [0.717, 1.165) is 0 Å². The number of aromatic nitrogens is 3. The van der Waals surface area contributed by atoms with Gasteiger partial charge in [-0.3, -0.25) is 0 Å². The standard InChI is InChI=1S/C11H11N5O2/c12-10-14-9(15-11(13)16-10)6-2-1-3-7-8(6)18-5-4-17-7/h1-3H,4-5H2,(H4,12,13,14,15,16). The first-order valence-electron chi connectivity index (χ1n) is 5.40. The molecule has 0 unspecified atom stereocenters. The lowest BCUT2D eigenvalue weighted by Gasteiger charge is -2.20. The molecule has 4 N–H and O–H groups in total. The summed E-state index contributed by atoms with van der Waals surface area (Å²) in [5.74, 6) is 1.80. The zero-order chi connectivity index (χ0) is 12.5. The average molecular weight is 245 g/mol. The second-order valence-electron chi connectivity index (χ2n) is 3.71. The topological polar surface area (TPSA) is 109 Å². The zero-order valence-corrected chi connectivity index (χ0v) is 9.46. The smallest absolute Gasteiger partial charge is 0.225 e. The Kier molecular flexibility index (Phi) is 2.36. The van der Waals surface area contributed by atoms with E-state index in [1.165, 1.54) is 0 Å². The molecule has 1 aliphatic rings. The molecule has 0 spiro atoms. The van der Waals surface area contributed by atoms with Crippen LogP contribution < -0.4 is 20.9 Å². The number of anilines is 2. The van der Waals surface area contributed by atoms with E-state index in [0.29, 0.717) is 36.1 Å². The van der Waals surface area contributed by atoms with E-state index in [1.54, 1.807) is 0 Å². The van der Waals surface area contributed by atoms with E-state index in [9.17, 15) is 0 Å². The first-order valence-corrected chi connectivity index (χ1v) is 5.40. The SMILES string of the molecule is Nc1nc(N)nc(-c2cccc3c2OCCO3)n1. The van der Waals surface area contributed by atoms with E-state index in [2.05, 4.69) is 15.0 Å². The monoisotopic (exact) mass is 245 g/mol. The van der Waals surface area contributed by atoms with Crippen molar-refractivity contribution in [3.63, 3.8) is 0 Å². The number of nitrogen functional groups attached to an aromatic ring is 2. The molecule has 1 aliphatic heterocycles. The summed E-state index contributed by atoms with van der Waals surface area (Å²) in [5.41, 5.74) is 11.8. The largest absolute Gasteiger partial charge is 0.486 e. The Labute approximate surface area is 103 Å². The molecular weight excluding hydrogens is 234 g/mol. The Hall–Kier alpha value is -2.57. The number of fused-ring (bicyclic) bond motifs is 1. The van der Waals surface area contributed by atoms with E-state index < -0.39 is 0 Å². The van der Waals surface area contributed by atoms with Gasteiger partial charge in [-0.05, 0) is 12.1 Å². The number of nitrogens with zero attached hydrogens (tertiary/aromatic N) is 3. The van der Waals surface area contributed by atoms with Gasteiger partial charge in [0.05, 0.1) is 5.56 Å². The lowest BCUT2D eigenvalue weighted by Crippen LogP contribution is -2.16. The highest BCUT2D eigenvalue weighted by Crippen LogP contribution is 2.38. The van der Waals surface area contributed by atoms with Crippen LogP contribution in [0.5, 0.6) is 11.5 Å². The summed E-state index contributed by atoms with van der Waals surface area (Å²) in [6.07, 6.45) is 0. The molecule has 2 heterocycles. The van der Waals surface area contributed by atoms with Gasteiger partial charge in [0, 0.05) is 0 Å². The molecule has 0 bridgehead atoms. The lowest BCUT2D eigenvalue weighted by atomic mass is 10.1. The number of para-hydroxylation sites is 1. The van der Waals surface area contributed by atoms with Crippen molar-refractivity contribution in [1.82, 2.24) is 15.0 Å². The van der Waals surface area contributed by atoms with Crippen molar-refractivity contribution in [2.45, 2.75) is 0 Å². The van der Waals surface area contributed by atoms with Crippen LogP contribution in [0, 0.1) is 0 Å². The number of hydrogen-bond donors (Lipinski definition) is 2. The van der Waals surface area contributed by atoms with Crippen molar-refractivity contribution in [1.29, 1.82) is 0 Å². The summed E-state index contributed by atoms with van der Waals surface area (Å²) in [6.45, 7) is 1.01. The van der Waals surface area contributed by atoms with E-state index in [4.69, 9.17) is 20.9 Å². The van der Waals surface area contributed by atoms with Gasteiger partial charge < -0.3 is 20.9 Å². The molecule has 0 atom stereocenters. The van der Waals surface area contributed by atoms with E-state index >= 15 is 0 Å². The molecule has 1 aromatic carbocycles. The fourth-order valence-electron chi connectivity index (χ4n) is 1.78. The molecule has 0 fully saturated rings. The highest BCUT2D eigenvalue weighted by molar-refractivity contribution is 5.70. The maximum Gasteiger partial charge on any atom is 0.225 e. The summed E-state index contributed by atoms with van der Waals surface area (Å²) in [4.78, 5) is 11.8. The van der Waals surface area contributed by atoms with Gasteiger partial charge in [0.1, 0.15) is 13.2 Å². The van der Waals surface area contributed by atoms with Crippen molar-refractivity contribution in [3.05, 3.63) is 18.2 Å². The summed E-state index contributed by atoms with van der Waals surface area (Å²) in [7, 11) is 0. The predicted molar refractivity (Wildman–Crippen MR) is 65.1 cm³/mol. The van der Waals surface area contributed by atoms with Gasteiger partial charge in [0.2, 0.25) is 11.9 Å². The highest BCUT2D eigenvalue weighted by atomic mass is 16.6. The van der Waals surface area contributed by atoms with Crippen LogP contribution in [0.2, 0.25) is 0 Å². The molecule has 0 aliphatic carbocycles. The van der Waals surface area contributed by atoms with Gasteiger partial charge in [-0.1, -0.05) is 6.07 Å². The number of nitrogens with two attached hydrogens (primary N) is 2. The summed E-state index contributed by atoms with van der Waals surface area (Å²) in [6, 6.07) is 5.48. The van der Waals surface area contributed by atoms with E-state index in [1.807, 2.05) is 18.2 Å². The first-order chi connectivity index (χ1) is 8.74. The molecular formula is C11H11N5O2. The molecule has 1 aromatic heterocycles. The van der Waals surface area contributed by atoms with Gasteiger partial charge in [0.15, 0.2) is 17.3 Å². The van der Waals surface area contributed by atoms with Crippen LogP contribution in [0.15, 0.2) is 18.2 Å². The van der Waals surface area contributed by atoms with Crippen LogP contribution >= 0.6 is 0 Å². The molecule has 7 nitrogen and oxygen atoms in total. The van der Waals surface area contributed by atoms with E-state index in [-0.39, 0.29) is 11.9 Å². The van der Waals surface area contributed by atoms with Gasteiger partial charge >= 0.3 is 0 Å². The minimum absolute atomic E-state index is 0.0758. The Morgan fingerprint density at radius 1 is 0.944 bits per heavy atom. The van der Waals surface area contributed by atoms with Crippen LogP contribution in [-0.2, 0) is 0 Å². The molecule has 0 saturated carbocycles. The van der Waals surface area contributed by atoms with Crippen molar-refractivity contribution in [3.8, 4) is 22.9 Å². The molecule has 0 saturated heterocycles. The Bertz CT molecular complexity index is 582. The summed E-state index contributed by atoms with van der Waals surface area (Å²) in [5, 5.41) is 0. The molecule has 3 rings (SSSR count). The fraction of sp³-hybridized carbons (Fsp3) is 0.182. The van der Waals surface area contributed by atoms with Crippen LogP contribution in [0.4, 0.5) is 11.9 Å². The van der Waals surface area contributed by atoms with Crippen LogP contribution in [0.25, 0.3) is 11.4 Å². The molecule has 2 aromatic rings. The van der Waals surface area contributed by atoms with Crippen molar-refractivity contribution >= 4 is 11.9 Å². The predicted octanol–water partition coefficient (Wildman–Crippen LogP) is 0.474.